The zero-order valence-corrected chi connectivity index (χ0v) is 54.7. The molecule has 0 bridgehead atoms. The van der Waals surface area contributed by atoms with Crippen molar-refractivity contribution >= 4 is 16.2 Å². The number of carbonyl (C=O) groups is 1. The van der Waals surface area contributed by atoms with Crippen LogP contribution in [0.2, 0.25) is 0 Å². The van der Waals surface area contributed by atoms with Crippen LogP contribution < -0.4 is 0 Å². The van der Waals surface area contributed by atoms with Crippen molar-refractivity contribution in [1.29, 1.82) is 0 Å². The normalized spacial score (nSPS) is 51.5. The molecule has 0 aromatic carbocycles. The predicted octanol–water partition coefficient (Wildman–Crippen LogP) is -4.21. The van der Waals surface area contributed by atoms with E-state index in [2.05, 4.69) is 19.9 Å². The maximum atomic E-state index is 13.3. The second-order valence-corrected chi connectivity index (χ2v) is 30.0. The van der Waals surface area contributed by atoms with Crippen molar-refractivity contribution in [3.8, 4) is 0 Å². The van der Waals surface area contributed by atoms with E-state index in [0.29, 0.717) is 38.5 Å². The summed E-state index contributed by atoms with van der Waals surface area (Å²) in [6.07, 6.45) is -45.2. The van der Waals surface area contributed by atoms with Gasteiger partial charge in [-0.1, -0.05) is 39.3 Å². The number of aliphatic hydroxyl groups excluding tert-OH is 14. The fourth-order valence-corrected chi connectivity index (χ4v) is 17.6. The van der Waals surface area contributed by atoms with Crippen LogP contribution in [-0.4, -0.2) is 305 Å². The fraction of sp³-hybridized carbons (Fsp3) is 0.951. The lowest BCUT2D eigenvalue weighted by Crippen LogP contribution is -2.67. The quantitative estimate of drug-likeness (QED) is 0.0383. The van der Waals surface area contributed by atoms with E-state index in [9.17, 15) is 94.4 Å². The Morgan fingerprint density at radius 1 is 0.585 bits per heavy atom. The Kier molecular flexibility index (Phi) is 23.3. The van der Waals surface area contributed by atoms with E-state index < -0.39 is 237 Å². The topological polar surface area (TPSA) is 495 Å². The number of aliphatic hydroxyl groups is 15. The van der Waals surface area contributed by atoms with Crippen LogP contribution in [0.25, 0.3) is 0 Å². The summed E-state index contributed by atoms with van der Waals surface area (Å²) in [5.74, 6) is -0.910. The third-order valence-corrected chi connectivity index (χ3v) is 22.6. The molecule has 6 saturated heterocycles. The van der Waals surface area contributed by atoms with Crippen LogP contribution in [0.15, 0.2) is 11.6 Å². The largest absolute Gasteiger partial charge is 0.397 e. The summed E-state index contributed by atoms with van der Waals surface area (Å²) >= 11 is 0. The molecular formula is C61H100O32S. The zero-order chi connectivity index (χ0) is 68.7. The third-order valence-electron chi connectivity index (χ3n) is 22.1. The molecule has 4 aliphatic carbocycles. The SMILES string of the molecule is CC(C)CC(=O)CC(C)(O)C1CCC2C3CC(OC4OC(C)C(O)C(OC5OCC(OC6OC(CO)C(O)C(O)C6OC6OC(C)C(O)C(OC7OC(CO)C(O)C7O)C6O)C(O)C5OC5OC(C)C(O)C(O)C5O)C4O)C4CC(OS(=O)(=O)O)CCC4(C)C3=CCC21C. The van der Waals surface area contributed by atoms with Crippen LogP contribution in [-0.2, 0) is 76.2 Å². The van der Waals surface area contributed by atoms with Crippen LogP contribution in [0.3, 0.4) is 0 Å². The van der Waals surface area contributed by atoms with Gasteiger partial charge in [-0.15, -0.1) is 0 Å². The molecule has 16 N–H and O–H groups in total. The standard InChI is InChI=1S/C61H100O32S/c1-22(2)15-26(64)18-61(8,77)36-10-9-29-28-17-32(31-16-27(93-94(78,79)80)11-13-59(31,6)30(28)12-14-60(29,36)7)85-55-47(75)50(39(67)24(4)83-55)90-57-51(91-53-46(74)43(71)37(65)23(3)82-53)42(70)35(21-81-57)88-58-52(44(72)40(68)33(19-62)87-58)92-56-48(76)49(38(66)25(5)84-56)89-54-45(73)41(69)34(20-63)86-54/h12,22-25,27-29,31-58,62-63,65-77H,9-11,13-21H2,1-8H3,(H,78,79,80). The van der Waals surface area contributed by atoms with Gasteiger partial charge in [-0.3, -0.25) is 9.35 Å². The average molecular weight is 1380 g/mol. The van der Waals surface area contributed by atoms with Crippen LogP contribution in [0.5, 0.6) is 0 Å². The smallest absolute Gasteiger partial charge is 0.394 e. The lowest BCUT2D eigenvalue weighted by molar-refractivity contribution is -0.400. The van der Waals surface area contributed by atoms with Crippen molar-refractivity contribution in [3.05, 3.63) is 11.6 Å². The Morgan fingerprint density at radius 2 is 1.09 bits per heavy atom. The number of hydrogen-bond acceptors (Lipinski definition) is 31. The number of fused-ring (bicyclic) bond motifs is 5. The van der Waals surface area contributed by atoms with E-state index in [4.69, 9.17) is 61.0 Å². The molecule has 33 heteroatoms. The van der Waals surface area contributed by atoms with E-state index in [1.807, 2.05) is 13.8 Å². The monoisotopic (exact) mass is 1380 g/mol. The molecule has 94 heavy (non-hydrogen) atoms. The van der Waals surface area contributed by atoms with Crippen LogP contribution in [0, 0.1) is 40.4 Å². The van der Waals surface area contributed by atoms with Gasteiger partial charge in [-0.2, -0.15) is 8.42 Å². The second-order valence-electron chi connectivity index (χ2n) is 29.0. The summed E-state index contributed by atoms with van der Waals surface area (Å²) in [7, 11) is -4.91. The first-order chi connectivity index (χ1) is 44.0. The second kappa shape index (κ2) is 29.3. The van der Waals surface area contributed by atoms with Gasteiger partial charge in [-0.25, -0.2) is 4.18 Å². The maximum Gasteiger partial charge on any atom is 0.397 e. The molecule has 0 amide bonds. The highest BCUT2D eigenvalue weighted by Crippen LogP contribution is 2.67. The Labute approximate surface area is 544 Å². The third kappa shape index (κ3) is 14.8. The van der Waals surface area contributed by atoms with Crippen molar-refractivity contribution in [2.45, 2.75) is 303 Å². The minimum absolute atomic E-state index is 0.00397. The van der Waals surface area contributed by atoms with Crippen molar-refractivity contribution in [1.82, 2.24) is 0 Å². The fourth-order valence-electron chi connectivity index (χ4n) is 17.0. The molecule has 0 aromatic rings. The molecule has 3 saturated carbocycles. The Bertz CT molecular complexity index is 2700. The molecule has 0 radical (unpaired) electrons. The molecule has 37 unspecified atom stereocenters. The van der Waals surface area contributed by atoms with E-state index >= 15 is 0 Å². The molecule has 0 aromatic heterocycles. The number of hydrogen-bond donors (Lipinski definition) is 16. The van der Waals surface area contributed by atoms with Gasteiger partial charge in [0.05, 0.1) is 55.9 Å². The average Bonchev–Trinajstić information content (AvgIpc) is 1.34. The minimum Gasteiger partial charge on any atom is -0.394 e. The summed E-state index contributed by atoms with van der Waals surface area (Å²) in [5.41, 5.74) is -1.34. The molecular weight excluding hydrogens is 1280 g/mol. The zero-order valence-electron chi connectivity index (χ0n) is 53.9. The van der Waals surface area contributed by atoms with Crippen LogP contribution in [0.4, 0.5) is 0 Å². The van der Waals surface area contributed by atoms with Gasteiger partial charge in [0.1, 0.15) is 122 Å². The molecule has 32 nitrogen and oxygen atoms in total. The van der Waals surface area contributed by atoms with E-state index in [-0.39, 0.29) is 48.7 Å². The number of ether oxygens (including phenoxy) is 12. The van der Waals surface area contributed by atoms with Crippen LogP contribution >= 0.6 is 0 Å². The van der Waals surface area contributed by atoms with Crippen molar-refractivity contribution < 1.29 is 155 Å². The number of ketones is 1. The molecule has 542 valence electrons. The minimum atomic E-state index is -4.91. The van der Waals surface area contributed by atoms with Gasteiger partial charge in [0.2, 0.25) is 0 Å². The Morgan fingerprint density at radius 3 is 1.67 bits per heavy atom. The van der Waals surface area contributed by atoms with Crippen molar-refractivity contribution in [2.75, 3.05) is 19.8 Å². The van der Waals surface area contributed by atoms with Crippen molar-refractivity contribution in [3.63, 3.8) is 0 Å². The molecule has 10 aliphatic rings. The van der Waals surface area contributed by atoms with Crippen molar-refractivity contribution in [2.24, 2.45) is 40.4 Å². The van der Waals surface area contributed by atoms with Gasteiger partial charge < -0.3 is 133 Å². The molecule has 10 rings (SSSR count). The molecule has 9 fully saturated rings. The number of rotatable bonds is 21. The molecule has 6 aliphatic heterocycles. The summed E-state index contributed by atoms with van der Waals surface area (Å²) in [5, 5.41) is 168. The summed E-state index contributed by atoms with van der Waals surface area (Å²) < 4.78 is 112. The lowest BCUT2D eigenvalue weighted by Gasteiger charge is -2.60. The van der Waals surface area contributed by atoms with Gasteiger partial charge in [-0.05, 0) is 113 Å². The highest BCUT2D eigenvalue weighted by atomic mass is 32.3. The summed E-state index contributed by atoms with van der Waals surface area (Å²) in [6.45, 7) is 11.6. The number of Topliss-reactive ketones (excluding diaryl/α,β-unsaturated/α-hetero) is 1. The van der Waals surface area contributed by atoms with Gasteiger partial charge in [0.25, 0.3) is 0 Å². The molecule has 37 atom stereocenters. The van der Waals surface area contributed by atoms with E-state index in [1.165, 1.54) is 20.8 Å². The first kappa shape index (κ1) is 74.9. The van der Waals surface area contributed by atoms with E-state index in [0.717, 1.165) is 5.57 Å². The maximum absolute atomic E-state index is 13.3. The highest BCUT2D eigenvalue weighted by Gasteiger charge is 2.64. The highest BCUT2D eigenvalue weighted by molar-refractivity contribution is 7.80. The van der Waals surface area contributed by atoms with E-state index in [1.54, 1.807) is 6.92 Å². The number of allylic oxidation sites excluding steroid dienone is 2. The molecule has 0 spiro atoms. The summed E-state index contributed by atoms with van der Waals surface area (Å²) in [6, 6.07) is 0. The molecule has 6 heterocycles. The Balaban J connectivity index is 0.904. The summed E-state index contributed by atoms with van der Waals surface area (Å²) in [4.78, 5) is 13.3. The predicted molar refractivity (Wildman–Crippen MR) is 312 cm³/mol. The van der Waals surface area contributed by atoms with Gasteiger partial charge in [0, 0.05) is 12.8 Å². The van der Waals surface area contributed by atoms with Gasteiger partial charge >= 0.3 is 10.4 Å². The number of carbonyl (C=O) groups excluding carboxylic acids is 1. The lowest BCUT2D eigenvalue weighted by atomic mass is 9.47. The Hall–Kier alpha value is -1.80. The first-order valence-electron chi connectivity index (χ1n) is 32.8. The first-order valence-corrected chi connectivity index (χ1v) is 34.2. The van der Waals surface area contributed by atoms with Gasteiger partial charge in [0.15, 0.2) is 37.7 Å². The van der Waals surface area contributed by atoms with Crippen LogP contribution in [0.1, 0.15) is 113 Å².